The van der Waals surface area contributed by atoms with E-state index in [1.54, 1.807) is 0 Å². The highest BCUT2D eigenvalue weighted by Crippen LogP contribution is 2.11. The lowest BCUT2D eigenvalue weighted by molar-refractivity contribution is -0.404. The van der Waals surface area contributed by atoms with E-state index in [1.165, 1.54) is 5.56 Å². The van der Waals surface area contributed by atoms with Crippen LogP contribution in [-0.4, -0.2) is 17.5 Å². The Hall–Kier alpha value is -0.120. The van der Waals surface area contributed by atoms with Crippen LogP contribution in [-0.2, 0) is 5.75 Å². The molecule has 0 aliphatic rings. The summed E-state index contributed by atoms with van der Waals surface area (Å²) in [7, 11) is 0. The van der Waals surface area contributed by atoms with E-state index < -0.39 is 0 Å². The first-order valence-corrected chi connectivity index (χ1v) is 6.17. The van der Waals surface area contributed by atoms with E-state index in [1.807, 2.05) is 17.8 Å². The molecule has 3 N–H and O–H groups in total. The number of hydrogen-bond acceptors (Lipinski definition) is 2. The van der Waals surface area contributed by atoms with Gasteiger partial charge in [-0.25, -0.2) is 0 Å². The van der Waals surface area contributed by atoms with Crippen molar-refractivity contribution in [1.29, 1.82) is 0 Å². The van der Waals surface area contributed by atoms with Crippen molar-refractivity contribution in [2.45, 2.75) is 11.8 Å². The summed E-state index contributed by atoms with van der Waals surface area (Å²) in [5.74, 6) is 3.06. The van der Waals surface area contributed by atoms with Crippen LogP contribution in [0.4, 0.5) is 0 Å². The SMILES string of the molecule is [NH3+]C(CS)CSCc1ccccc1. The van der Waals surface area contributed by atoms with E-state index >= 15 is 0 Å². The molecule has 0 aromatic heterocycles. The van der Waals surface area contributed by atoms with Crippen LogP contribution in [0.15, 0.2) is 30.3 Å². The Balaban J connectivity index is 2.20. The van der Waals surface area contributed by atoms with Crippen LogP contribution in [0.1, 0.15) is 5.56 Å². The molecule has 0 saturated carbocycles. The fourth-order valence-electron chi connectivity index (χ4n) is 0.970. The zero-order chi connectivity index (χ0) is 9.52. The maximum Gasteiger partial charge on any atom is 0.102 e. The summed E-state index contributed by atoms with van der Waals surface area (Å²) < 4.78 is 0. The highest BCUT2D eigenvalue weighted by atomic mass is 32.2. The van der Waals surface area contributed by atoms with Crippen molar-refractivity contribution in [1.82, 2.24) is 0 Å². The maximum absolute atomic E-state index is 4.20. The van der Waals surface area contributed by atoms with Crippen molar-refractivity contribution in [3.05, 3.63) is 35.9 Å². The molecule has 0 aliphatic heterocycles. The summed E-state index contributed by atoms with van der Waals surface area (Å²) in [6, 6.07) is 11.0. The van der Waals surface area contributed by atoms with Gasteiger partial charge in [0.1, 0.15) is 6.04 Å². The highest BCUT2D eigenvalue weighted by Gasteiger charge is 2.02. The standard InChI is InChI=1S/C10H15NS2/c11-10(6-12)8-13-7-9-4-2-1-3-5-9/h1-5,10,12H,6-8,11H2/p+1. The molecule has 1 nitrogen and oxygen atoms in total. The first-order valence-electron chi connectivity index (χ1n) is 4.38. The monoisotopic (exact) mass is 214 g/mol. The number of hydrogen-bond donors (Lipinski definition) is 2. The smallest absolute Gasteiger partial charge is 0.102 e. The van der Waals surface area contributed by atoms with Gasteiger partial charge in [0.05, 0.1) is 0 Å². The molecule has 1 unspecified atom stereocenters. The van der Waals surface area contributed by atoms with E-state index in [0.29, 0.717) is 6.04 Å². The lowest BCUT2D eigenvalue weighted by Gasteiger charge is -2.04. The van der Waals surface area contributed by atoms with Crippen molar-refractivity contribution in [3.63, 3.8) is 0 Å². The molecule has 72 valence electrons. The average Bonchev–Trinajstić information content (AvgIpc) is 2.19. The molecule has 1 aromatic rings. The number of thioether (sulfide) groups is 1. The van der Waals surface area contributed by atoms with Gasteiger partial charge in [-0.1, -0.05) is 30.3 Å². The van der Waals surface area contributed by atoms with Crippen molar-refractivity contribution in [2.24, 2.45) is 0 Å². The first-order chi connectivity index (χ1) is 6.33. The predicted octanol–water partition coefficient (Wildman–Crippen LogP) is 1.46. The van der Waals surface area contributed by atoms with E-state index in [4.69, 9.17) is 0 Å². The molecule has 0 aliphatic carbocycles. The minimum absolute atomic E-state index is 0.469. The van der Waals surface area contributed by atoms with Gasteiger partial charge in [0, 0.05) is 17.3 Å². The van der Waals surface area contributed by atoms with Crippen LogP contribution in [0.3, 0.4) is 0 Å². The molecule has 0 amide bonds. The normalized spacial score (nSPS) is 12.8. The van der Waals surface area contributed by atoms with E-state index in [2.05, 4.69) is 42.6 Å². The highest BCUT2D eigenvalue weighted by molar-refractivity contribution is 7.98. The van der Waals surface area contributed by atoms with Gasteiger partial charge in [-0.15, -0.1) is 0 Å². The second kappa shape index (κ2) is 6.35. The quantitative estimate of drug-likeness (QED) is 0.714. The molecule has 0 spiro atoms. The molecule has 0 saturated heterocycles. The van der Waals surface area contributed by atoms with Gasteiger partial charge in [-0.3, -0.25) is 0 Å². The number of thiol groups is 1. The van der Waals surface area contributed by atoms with Crippen molar-refractivity contribution < 1.29 is 5.73 Å². The minimum Gasteiger partial charge on any atom is -0.354 e. The van der Waals surface area contributed by atoms with Gasteiger partial charge >= 0.3 is 0 Å². The average molecular weight is 214 g/mol. The fourth-order valence-corrected chi connectivity index (χ4v) is 2.27. The van der Waals surface area contributed by atoms with E-state index in [0.717, 1.165) is 17.3 Å². The fraction of sp³-hybridized carbons (Fsp3) is 0.400. The molecule has 1 aromatic carbocycles. The lowest BCUT2D eigenvalue weighted by atomic mass is 10.2. The summed E-state index contributed by atoms with van der Waals surface area (Å²) in [5, 5.41) is 0. The van der Waals surface area contributed by atoms with Crippen LogP contribution >= 0.6 is 24.4 Å². The second-order valence-corrected chi connectivity index (χ2v) is 4.44. The zero-order valence-corrected chi connectivity index (χ0v) is 9.36. The Morgan fingerprint density at radius 1 is 1.31 bits per heavy atom. The third kappa shape index (κ3) is 4.60. The second-order valence-electron chi connectivity index (χ2n) is 3.05. The Labute approximate surface area is 89.5 Å². The molecular weight excluding hydrogens is 198 g/mol. The molecular formula is C10H16NS2+. The van der Waals surface area contributed by atoms with Gasteiger partial charge in [0.2, 0.25) is 0 Å². The lowest BCUT2D eigenvalue weighted by Crippen LogP contribution is -2.63. The third-order valence-corrected chi connectivity index (χ3v) is 3.48. The van der Waals surface area contributed by atoms with Crippen molar-refractivity contribution >= 4 is 24.4 Å². The summed E-state index contributed by atoms with van der Waals surface area (Å²) in [4.78, 5) is 0. The summed E-state index contributed by atoms with van der Waals surface area (Å²) >= 11 is 6.13. The minimum atomic E-state index is 0.469. The molecule has 0 heterocycles. The van der Waals surface area contributed by atoms with Gasteiger partial charge in [-0.2, -0.15) is 24.4 Å². The van der Waals surface area contributed by atoms with Gasteiger partial charge in [-0.05, 0) is 5.56 Å². The Kier molecular flexibility index (Phi) is 5.35. The Bertz CT molecular complexity index is 226. The largest absolute Gasteiger partial charge is 0.354 e. The van der Waals surface area contributed by atoms with Crippen LogP contribution in [0.25, 0.3) is 0 Å². The number of quaternary nitrogens is 1. The number of benzene rings is 1. The third-order valence-electron chi connectivity index (χ3n) is 1.72. The molecule has 1 rings (SSSR count). The van der Waals surface area contributed by atoms with Gasteiger partial charge < -0.3 is 5.73 Å². The molecule has 3 heteroatoms. The Morgan fingerprint density at radius 3 is 2.62 bits per heavy atom. The van der Waals surface area contributed by atoms with Crippen molar-refractivity contribution in [2.75, 3.05) is 11.5 Å². The summed E-state index contributed by atoms with van der Waals surface area (Å²) in [6.07, 6.45) is 0. The molecule has 0 radical (unpaired) electrons. The maximum atomic E-state index is 4.20. The number of rotatable bonds is 5. The molecule has 1 atom stereocenters. The first kappa shape index (κ1) is 11.0. The van der Waals surface area contributed by atoms with E-state index in [-0.39, 0.29) is 0 Å². The van der Waals surface area contributed by atoms with Gasteiger partial charge in [0.25, 0.3) is 0 Å². The van der Waals surface area contributed by atoms with Crippen LogP contribution in [0, 0.1) is 0 Å². The molecule has 0 fully saturated rings. The van der Waals surface area contributed by atoms with Gasteiger partial charge in [0.15, 0.2) is 0 Å². The predicted molar refractivity (Wildman–Crippen MR) is 63.1 cm³/mol. The summed E-state index contributed by atoms with van der Waals surface area (Å²) in [6.45, 7) is 0. The molecule has 0 bridgehead atoms. The molecule has 13 heavy (non-hydrogen) atoms. The van der Waals surface area contributed by atoms with E-state index in [9.17, 15) is 0 Å². The topological polar surface area (TPSA) is 27.6 Å². The van der Waals surface area contributed by atoms with Crippen LogP contribution < -0.4 is 5.73 Å². The zero-order valence-electron chi connectivity index (χ0n) is 7.65. The van der Waals surface area contributed by atoms with Crippen LogP contribution in [0.2, 0.25) is 0 Å². The van der Waals surface area contributed by atoms with Crippen molar-refractivity contribution in [3.8, 4) is 0 Å². The summed E-state index contributed by atoms with van der Waals surface area (Å²) in [5.41, 5.74) is 5.38. The van der Waals surface area contributed by atoms with Crippen LogP contribution in [0.5, 0.6) is 0 Å². The Morgan fingerprint density at radius 2 is 2.00 bits per heavy atom.